The van der Waals surface area contributed by atoms with Crippen molar-refractivity contribution in [2.75, 3.05) is 18.5 Å². The molecule has 2 aromatic rings. The predicted octanol–water partition coefficient (Wildman–Crippen LogP) is 2.76. The lowest BCUT2D eigenvalue weighted by atomic mass is 10.2. The summed E-state index contributed by atoms with van der Waals surface area (Å²) in [6.07, 6.45) is 1.19. The minimum Gasteiger partial charge on any atom is -0.462 e. The number of benzene rings is 1. The van der Waals surface area contributed by atoms with Crippen LogP contribution in [-0.4, -0.2) is 30.3 Å². The highest BCUT2D eigenvalue weighted by molar-refractivity contribution is 6.14. The molecular weight excluding hydrogens is 312 g/mol. The Morgan fingerprint density at radius 3 is 2.33 bits per heavy atom. The van der Waals surface area contributed by atoms with Crippen molar-refractivity contribution in [2.24, 2.45) is 0 Å². The Kier molecular flexibility index (Phi) is 6.13. The zero-order valence-corrected chi connectivity index (χ0v) is 13.4. The molecule has 0 aliphatic rings. The van der Waals surface area contributed by atoms with Crippen LogP contribution in [0.5, 0.6) is 0 Å². The fourth-order valence-electron chi connectivity index (χ4n) is 1.85. The molecule has 0 amide bonds. The van der Waals surface area contributed by atoms with Gasteiger partial charge in [-0.25, -0.2) is 9.59 Å². The maximum absolute atomic E-state index is 11.8. The lowest BCUT2D eigenvalue weighted by Gasteiger charge is -2.06. The van der Waals surface area contributed by atoms with E-state index in [2.05, 4.69) is 10.5 Å². The number of carbonyl (C=O) groups excluding carboxylic acids is 2. The quantitative estimate of drug-likeness (QED) is 0.361. The number of carbonyl (C=O) groups is 2. The average molecular weight is 330 g/mol. The molecule has 0 radical (unpaired) electrons. The van der Waals surface area contributed by atoms with Crippen LogP contribution in [0.4, 0.5) is 5.88 Å². The Bertz CT molecular complexity index is 702. The van der Waals surface area contributed by atoms with Crippen molar-refractivity contribution in [2.45, 2.75) is 13.8 Å². The van der Waals surface area contributed by atoms with Gasteiger partial charge in [0.15, 0.2) is 5.57 Å². The van der Waals surface area contributed by atoms with Crippen LogP contribution in [0.2, 0.25) is 0 Å². The second-order valence-electron chi connectivity index (χ2n) is 4.59. The summed E-state index contributed by atoms with van der Waals surface area (Å²) in [6, 6.07) is 11.1. The van der Waals surface area contributed by atoms with E-state index in [0.717, 1.165) is 5.56 Å². The number of aromatic nitrogens is 1. The number of rotatable bonds is 7. The number of nitrogens with zero attached hydrogens (tertiary/aromatic N) is 1. The molecule has 0 saturated carbocycles. The molecule has 126 valence electrons. The fraction of sp³-hybridized carbons (Fsp3) is 0.235. The van der Waals surface area contributed by atoms with Crippen LogP contribution in [0.25, 0.3) is 11.3 Å². The molecule has 0 unspecified atom stereocenters. The molecule has 0 saturated heterocycles. The minimum absolute atomic E-state index is 0.149. The molecule has 0 aliphatic carbocycles. The zero-order chi connectivity index (χ0) is 17.4. The van der Waals surface area contributed by atoms with Gasteiger partial charge in [0.2, 0.25) is 5.88 Å². The van der Waals surface area contributed by atoms with E-state index in [-0.39, 0.29) is 24.7 Å². The first-order valence-corrected chi connectivity index (χ1v) is 7.48. The normalized spacial score (nSPS) is 9.92. The molecule has 1 heterocycles. The second-order valence-corrected chi connectivity index (χ2v) is 4.59. The van der Waals surface area contributed by atoms with Gasteiger partial charge in [0.1, 0.15) is 5.69 Å². The van der Waals surface area contributed by atoms with E-state index in [0.29, 0.717) is 5.69 Å². The summed E-state index contributed by atoms with van der Waals surface area (Å²) < 4.78 is 14.8. The molecule has 7 nitrogen and oxygen atoms in total. The molecular formula is C17H18N2O5. The number of hydrogen-bond acceptors (Lipinski definition) is 7. The van der Waals surface area contributed by atoms with E-state index >= 15 is 0 Å². The van der Waals surface area contributed by atoms with Crippen LogP contribution >= 0.6 is 0 Å². The summed E-state index contributed by atoms with van der Waals surface area (Å²) in [5.41, 5.74) is 1.26. The Morgan fingerprint density at radius 2 is 1.75 bits per heavy atom. The van der Waals surface area contributed by atoms with Gasteiger partial charge in [-0.15, -0.1) is 0 Å². The van der Waals surface area contributed by atoms with Crippen molar-refractivity contribution in [3.8, 4) is 11.3 Å². The van der Waals surface area contributed by atoms with Crippen molar-refractivity contribution < 1.29 is 23.6 Å². The maximum Gasteiger partial charge on any atom is 0.347 e. The second kappa shape index (κ2) is 8.52. The van der Waals surface area contributed by atoms with E-state index in [1.54, 1.807) is 19.9 Å². The number of anilines is 1. The standard InChI is InChI=1S/C17H18N2O5/c1-3-22-16(20)13(17(21)23-4-2)11-18-15-10-14(19-24-15)12-8-6-5-7-9-12/h5-11,18H,3-4H2,1-2H3. The van der Waals surface area contributed by atoms with Gasteiger partial charge >= 0.3 is 11.9 Å². The summed E-state index contributed by atoms with van der Waals surface area (Å²) in [7, 11) is 0. The van der Waals surface area contributed by atoms with Gasteiger partial charge in [-0.2, -0.15) is 0 Å². The third-order valence-corrected chi connectivity index (χ3v) is 2.93. The maximum atomic E-state index is 11.8. The summed E-state index contributed by atoms with van der Waals surface area (Å²) in [4.78, 5) is 23.7. The molecule has 7 heteroatoms. The zero-order valence-electron chi connectivity index (χ0n) is 13.4. The molecule has 1 aromatic heterocycles. The first-order valence-electron chi connectivity index (χ1n) is 7.48. The van der Waals surface area contributed by atoms with Crippen molar-refractivity contribution >= 4 is 17.8 Å². The fourth-order valence-corrected chi connectivity index (χ4v) is 1.85. The Labute approximate surface area is 139 Å². The van der Waals surface area contributed by atoms with Crippen LogP contribution < -0.4 is 5.32 Å². The molecule has 2 rings (SSSR count). The van der Waals surface area contributed by atoms with Crippen molar-refractivity contribution in [1.29, 1.82) is 0 Å². The van der Waals surface area contributed by atoms with Crippen molar-refractivity contribution in [1.82, 2.24) is 5.16 Å². The van der Waals surface area contributed by atoms with Gasteiger partial charge in [0.25, 0.3) is 0 Å². The Morgan fingerprint density at radius 1 is 1.12 bits per heavy atom. The highest BCUT2D eigenvalue weighted by Crippen LogP contribution is 2.21. The lowest BCUT2D eigenvalue weighted by Crippen LogP contribution is -2.19. The van der Waals surface area contributed by atoms with E-state index in [4.69, 9.17) is 14.0 Å². The van der Waals surface area contributed by atoms with Gasteiger partial charge in [-0.3, -0.25) is 0 Å². The number of ether oxygens (including phenoxy) is 2. The molecule has 0 atom stereocenters. The van der Waals surface area contributed by atoms with Gasteiger partial charge < -0.3 is 19.3 Å². The topological polar surface area (TPSA) is 90.7 Å². The van der Waals surface area contributed by atoms with Crippen molar-refractivity contribution in [3.05, 3.63) is 48.2 Å². The largest absolute Gasteiger partial charge is 0.462 e. The first kappa shape index (κ1) is 17.3. The summed E-state index contributed by atoms with van der Waals surface area (Å²) >= 11 is 0. The van der Waals surface area contributed by atoms with Crippen LogP contribution in [0, 0.1) is 0 Å². The molecule has 0 fully saturated rings. The molecule has 0 bridgehead atoms. The van der Waals surface area contributed by atoms with Crippen LogP contribution in [0.3, 0.4) is 0 Å². The van der Waals surface area contributed by atoms with E-state index in [1.807, 2.05) is 30.3 Å². The van der Waals surface area contributed by atoms with Crippen molar-refractivity contribution in [3.63, 3.8) is 0 Å². The Balaban J connectivity index is 2.15. The van der Waals surface area contributed by atoms with Gasteiger partial charge in [0, 0.05) is 17.8 Å². The predicted molar refractivity (Wildman–Crippen MR) is 86.9 cm³/mol. The number of nitrogens with one attached hydrogen (secondary N) is 1. The number of esters is 2. The third-order valence-electron chi connectivity index (χ3n) is 2.93. The van der Waals surface area contributed by atoms with Gasteiger partial charge in [-0.05, 0) is 13.8 Å². The first-order chi connectivity index (χ1) is 11.7. The molecule has 24 heavy (non-hydrogen) atoms. The third kappa shape index (κ3) is 4.45. The van der Waals surface area contributed by atoms with E-state index in [9.17, 15) is 9.59 Å². The van der Waals surface area contributed by atoms with E-state index in [1.165, 1.54) is 6.20 Å². The SMILES string of the molecule is CCOC(=O)C(=CNc1cc(-c2ccccc2)no1)C(=O)OCC. The summed E-state index contributed by atoms with van der Waals surface area (Å²) in [5.74, 6) is -1.27. The van der Waals surface area contributed by atoms with Gasteiger partial charge in [0.05, 0.1) is 13.2 Å². The molecule has 0 aliphatic heterocycles. The highest BCUT2D eigenvalue weighted by Gasteiger charge is 2.21. The molecule has 1 aromatic carbocycles. The van der Waals surface area contributed by atoms with Crippen LogP contribution in [0.15, 0.2) is 52.7 Å². The van der Waals surface area contributed by atoms with Crippen LogP contribution in [-0.2, 0) is 19.1 Å². The molecule has 1 N–H and O–H groups in total. The number of hydrogen-bond donors (Lipinski definition) is 1. The summed E-state index contributed by atoms with van der Waals surface area (Å²) in [5, 5.41) is 6.65. The van der Waals surface area contributed by atoms with E-state index < -0.39 is 11.9 Å². The lowest BCUT2D eigenvalue weighted by molar-refractivity contribution is -0.146. The highest BCUT2D eigenvalue weighted by atomic mass is 16.6. The average Bonchev–Trinajstić information content (AvgIpc) is 3.05. The smallest absolute Gasteiger partial charge is 0.347 e. The van der Waals surface area contributed by atoms with Gasteiger partial charge in [-0.1, -0.05) is 35.5 Å². The monoisotopic (exact) mass is 330 g/mol. The minimum atomic E-state index is -0.772. The molecule has 0 spiro atoms. The Hall–Kier alpha value is -3.09. The van der Waals surface area contributed by atoms with Crippen LogP contribution in [0.1, 0.15) is 13.8 Å². The summed E-state index contributed by atoms with van der Waals surface area (Å²) in [6.45, 7) is 3.60.